The monoisotopic (exact) mass is 415 g/mol. The number of pyridine rings is 3. The third-order valence-corrected chi connectivity index (χ3v) is 5.52. The summed E-state index contributed by atoms with van der Waals surface area (Å²) in [7, 11) is 1.82. The Morgan fingerprint density at radius 2 is 1.87 bits per heavy atom. The number of rotatable bonds is 5. The summed E-state index contributed by atoms with van der Waals surface area (Å²) in [6.45, 7) is 1.91. The number of aromatic nitrogens is 3. The molecule has 0 spiro atoms. The van der Waals surface area contributed by atoms with Gasteiger partial charge in [0.05, 0.1) is 17.4 Å². The van der Waals surface area contributed by atoms with Gasteiger partial charge in [0.25, 0.3) is 5.91 Å². The Morgan fingerprint density at radius 3 is 2.65 bits per heavy atom. The number of carbonyl (C=O) groups excluding carboxylic acids is 1. The van der Waals surface area contributed by atoms with Crippen molar-refractivity contribution >= 4 is 34.0 Å². The molecule has 0 atom stereocenters. The van der Waals surface area contributed by atoms with E-state index >= 15 is 0 Å². The maximum absolute atomic E-state index is 12.6. The average molecular weight is 416 g/mol. The van der Waals surface area contributed by atoms with E-state index in [1.54, 1.807) is 18.6 Å². The first-order chi connectivity index (χ1) is 15.0. The van der Waals surface area contributed by atoms with Crippen LogP contribution in [-0.2, 0) is 4.79 Å². The Hall–Kier alpha value is -3.81. The molecule has 0 saturated heterocycles. The number of nitrogens with one attached hydrogen (secondary N) is 3. The van der Waals surface area contributed by atoms with Crippen molar-refractivity contribution < 1.29 is 4.79 Å². The van der Waals surface area contributed by atoms with Gasteiger partial charge in [-0.05, 0) is 44.7 Å². The summed E-state index contributed by atoms with van der Waals surface area (Å²) in [5, 5.41) is 15.0. The van der Waals surface area contributed by atoms with E-state index in [-0.39, 0.29) is 5.71 Å². The Labute approximate surface area is 180 Å². The molecular formula is C23H25N7O. The molecule has 3 aromatic heterocycles. The first-order valence-electron chi connectivity index (χ1n) is 10.2. The molecule has 8 nitrogen and oxygen atoms in total. The highest BCUT2D eigenvalue weighted by Crippen LogP contribution is 2.28. The number of allylic oxidation sites excluding steroid dienone is 1. The van der Waals surface area contributed by atoms with Crippen LogP contribution in [0.3, 0.4) is 0 Å². The molecular weight excluding hydrogens is 390 g/mol. The number of anilines is 2. The normalized spacial score (nSPS) is 13.9. The summed E-state index contributed by atoms with van der Waals surface area (Å²) in [5.74, 6) is 0.281. The number of carbonyl (C=O) groups is 1. The van der Waals surface area contributed by atoms with Crippen molar-refractivity contribution in [2.45, 2.75) is 32.6 Å². The molecule has 5 N–H and O–H groups in total. The fraction of sp³-hybridized carbons (Fsp3) is 0.261. The lowest BCUT2D eigenvalue weighted by molar-refractivity contribution is -0.110. The third kappa shape index (κ3) is 4.23. The molecule has 0 aliphatic heterocycles. The molecule has 31 heavy (non-hydrogen) atoms. The lowest BCUT2D eigenvalue weighted by Crippen LogP contribution is -2.27. The van der Waals surface area contributed by atoms with E-state index < -0.39 is 5.91 Å². The number of hydrogen-bond donors (Lipinski definition) is 4. The summed E-state index contributed by atoms with van der Waals surface area (Å²) >= 11 is 0. The number of nitrogens with two attached hydrogens (primary N) is 1. The quantitative estimate of drug-likeness (QED) is 0.469. The number of hydrogen-bond acceptors (Lipinski definition) is 7. The Balaban J connectivity index is 1.61. The molecule has 3 aromatic rings. The van der Waals surface area contributed by atoms with Gasteiger partial charge in [0.15, 0.2) is 0 Å². The minimum atomic E-state index is -0.475. The zero-order valence-electron chi connectivity index (χ0n) is 17.6. The van der Waals surface area contributed by atoms with Crippen LogP contribution >= 0.6 is 0 Å². The topological polar surface area (TPSA) is 130 Å². The molecule has 1 aliphatic carbocycles. The van der Waals surface area contributed by atoms with Gasteiger partial charge in [-0.2, -0.15) is 0 Å². The van der Waals surface area contributed by atoms with Gasteiger partial charge in [0.2, 0.25) is 0 Å². The SMILES string of the molecule is CNc1cc2ncc(-c3cc(NC(=O)C(=N)C4=C(N)CCCC4)cnc3C)cc2cn1. The summed E-state index contributed by atoms with van der Waals surface area (Å²) in [6, 6.07) is 5.74. The van der Waals surface area contributed by atoms with E-state index in [1.807, 2.05) is 32.2 Å². The van der Waals surface area contributed by atoms with Crippen molar-refractivity contribution in [3.05, 3.63) is 53.8 Å². The maximum atomic E-state index is 12.6. The standard InChI is InChI=1S/C23H25N7O/c1-13-18(14-7-15-11-29-21(26-2)9-20(15)28-10-14)8-16(12-27-13)30-23(31)22(25)17-5-3-4-6-19(17)24/h7-12,25H,3-6,24H2,1-2H3,(H,26,29)(H,30,31). The minimum absolute atomic E-state index is 0.0712. The van der Waals surface area contributed by atoms with E-state index in [2.05, 4.69) is 25.6 Å². The van der Waals surface area contributed by atoms with Crippen molar-refractivity contribution in [1.82, 2.24) is 15.0 Å². The predicted octanol–water partition coefficient (Wildman–Crippen LogP) is 3.79. The molecule has 1 amide bonds. The van der Waals surface area contributed by atoms with Crippen LogP contribution in [0.1, 0.15) is 31.4 Å². The molecule has 1 aliphatic rings. The first kappa shape index (κ1) is 20.5. The molecule has 0 saturated carbocycles. The van der Waals surface area contributed by atoms with Gasteiger partial charge in [-0.3, -0.25) is 20.2 Å². The second-order valence-electron chi connectivity index (χ2n) is 7.63. The van der Waals surface area contributed by atoms with Crippen LogP contribution in [0, 0.1) is 12.3 Å². The lowest BCUT2D eigenvalue weighted by Gasteiger charge is -2.18. The highest BCUT2D eigenvalue weighted by Gasteiger charge is 2.20. The largest absolute Gasteiger partial charge is 0.402 e. The van der Waals surface area contributed by atoms with E-state index in [0.29, 0.717) is 23.4 Å². The van der Waals surface area contributed by atoms with Gasteiger partial charge < -0.3 is 16.4 Å². The van der Waals surface area contributed by atoms with Crippen molar-refractivity contribution in [3.63, 3.8) is 0 Å². The number of nitrogens with zero attached hydrogens (tertiary/aromatic N) is 3. The van der Waals surface area contributed by atoms with Crippen molar-refractivity contribution in [1.29, 1.82) is 5.41 Å². The Bertz CT molecular complexity index is 1220. The van der Waals surface area contributed by atoms with Crippen LogP contribution < -0.4 is 16.4 Å². The number of aryl methyl sites for hydroxylation is 1. The molecule has 0 radical (unpaired) electrons. The summed E-state index contributed by atoms with van der Waals surface area (Å²) in [4.78, 5) is 26.0. The van der Waals surface area contributed by atoms with Crippen LogP contribution in [0.5, 0.6) is 0 Å². The van der Waals surface area contributed by atoms with Crippen LogP contribution in [0.15, 0.2) is 48.1 Å². The molecule has 0 fully saturated rings. The molecule has 0 aromatic carbocycles. The van der Waals surface area contributed by atoms with Gasteiger partial charge in [0, 0.05) is 59.0 Å². The predicted molar refractivity (Wildman–Crippen MR) is 123 cm³/mol. The van der Waals surface area contributed by atoms with E-state index in [4.69, 9.17) is 11.1 Å². The minimum Gasteiger partial charge on any atom is -0.402 e. The fourth-order valence-corrected chi connectivity index (χ4v) is 3.74. The zero-order chi connectivity index (χ0) is 22.0. The average Bonchev–Trinajstić information content (AvgIpc) is 2.79. The van der Waals surface area contributed by atoms with Gasteiger partial charge >= 0.3 is 0 Å². The number of fused-ring (bicyclic) bond motifs is 1. The van der Waals surface area contributed by atoms with Crippen LogP contribution in [0.4, 0.5) is 11.5 Å². The van der Waals surface area contributed by atoms with Crippen molar-refractivity contribution in [3.8, 4) is 11.1 Å². The molecule has 8 heteroatoms. The number of amides is 1. The van der Waals surface area contributed by atoms with Crippen LogP contribution in [-0.4, -0.2) is 33.6 Å². The van der Waals surface area contributed by atoms with Crippen molar-refractivity contribution in [2.24, 2.45) is 5.73 Å². The molecule has 3 heterocycles. The zero-order valence-corrected chi connectivity index (χ0v) is 17.6. The van der Waals surface area contributed by atoms with E-state index in [9.17, 15) is 4.79 Å². The second-order valence-corrected chi connectivity index (χ2v) is 7.63. The molecule has 158 valence electrons. The van der Waals surface area contributed by atoms with Gasteiger partial charge in [-0.1, -0.05) is 0 Å². The summed E-state index contributed by atoms with van der Waals surface area (Å²) in [5.41, 5.74) is 11.2. The lowest BCUT2D eigenvalue weighted by atomic mass is 9.93. The second kappa shape index (κ2) is 8.51. The van der Waals surface area contributed by atoms with E-state index in [0.717, 1.165) is 52.8 Å². The van der Waals surface area contributed by atoms with Crippen LogP contribution in [0.25, 0.3) is 22.0 Å². The van der Waals surface area contributed by atoms with Gasteiger partial charge in [0.1, 0.15) is 11.5 Å². The molecule has 4 rings (SSSR count). The summed E-state index contributed by atoms with van der Waals surface area (Å²) in [6.07, 6.45) is 8.51. The third-order valence-electron chi connectivity index (χ3n) is 5.52. The smallest absolute Gasteiger partial charge is 0.273 e. The van der Waals surface area contributed by atoms with E-state index in [1.165, 1.54) is 0 Å². The van der Waals surface area contributed by atoms with Gasteiger partial charge in [-0.15, -0.1) is 0 Å². The van der Waals surface area contributed by atoms with Gasteiger partial charge in [-0.25, -0.2) is 4.98 Å². The maximum Gasteiger partial charge on any atom is 0.273 e. The fourth-order valence-electron chi connectivity index (χ4n) is 3.74. The Morgan fingerprint density at radius 1 is 1.06 bits per heavy atom. The highest BCUT2D eigenvalue weighted by molar-refractivity contribution is 6.47. The Kier molecular flexibility index (Phi) is 5.62. The molecule has 0 bridgehead atoms. The highest BCUT2D eigenvalue weighted by atomic mass is 16.1. The first-order valence-corrected chi connectivity index (χ1v) is 10.2. The van der Waals surface area contributed by atoms with Crippen molar-refractivity contribution in [2.75, 3.05) is 17.7 Å². The summed E-state index contributed by atoms with van der Waals surface area (Å²) < 4.78 is 0. The molecule has 0 unspecified atom stereocenters. The van der Waals surface area contributed by atoms with Crippen LogP contribution in [0.2, 0.25) is 0 Å².